The van der Waals surface area contributed by atoms with Gasteiger partial charge in [0, 0.05) is 30.8 Å². The number of nitriles is 1. The molecule has 3 aromatic heterocycles. The maximum absolute atomic E-state index is 9.71. The van der Waals surface area contributed by atoms with Gasteiger partial charge in [0.25, 0.3) is 0 Å². The van der Waals surface area contributed by atoms with Crippen LogP contribution >= 0.6 is 11.8 Å². The first-order chi connectivity index (χ1) is 15.2. The number of pyridine rings is 1. The van der Waals surface area contributed by atoms with Crippen LogP contribution in [-0.4, -0.2) is 43.2 Å². The van der Waals surface area contributed by atoms with Gasteiger partial charge in [0.15, 0.2) is 11.0 Å². The van der Waals surface area contributed by atoms with Crippen LogP contribution < -0.4 is 0 Å². The summed E-state index contributed by atoms with van der Waals surface area (Å²) in [4.78, 5) is 4.08. The third-order valence-electron chi connectivity index (χ3n) is 4.78. The molecule has 0 amide bonds. The number of ether oxygens (including phenoxy) is 1. The van der Waals surface area contributed by atoms with Gasteiger partial charge in [0.05, 0.1) is 35.8 Å². The summed E-state index contributed by atoms with van der Waals surface area (Å²) in [5, 5.41) is 23.9. The van der Waals surface area contributed by atoms with Crippen LogP contribution in [0, 0.1) is 18.3 Å². The number of hydrogen-bond acceptors (Lipinski definition) is 7. The monoisotopic (exact) mass is 431 g/mol. The largest absolute Gasteiger partial charge is 0.383 e. The Labute approximate surface area is 184 Å². The predicted molar refractivity (Wildman–Crippen MR) is 118 cm³/mol. The maximum atomic E-state index is 9.71. The third-order valence-corrected chi connectivity index (χ3v) is 5.76. The summed E-state index contributed by atoms with van der Waals surface area (Å²) in [5.74, 6) is 1.29. The number of benzene rings is 1. The van der Waals surface area contributed by atoms with E-state index in [9.17, 15) is 5.26 Å². The molecule has 0 saturated carbocycles. The van der Waals surface area contributed by atoms with Crippen LogP contribution in [0.2, 0.25) is 0 Å². The second kappa shape index (κ2) is 9.55. The lowest BCUT2D eigenvalue weighted by Gasteiger charge is -2.11. The fraction of sp³-hybridized carbons (Fsp3) is 0.227. The minimum Gasteiger partial charge on any atom is -0.383 e. The minimum absolute atomic E-state index is 0.528. The van der Waals surface area contributed by atoms with Crippen molar-refractivity contribution < 1.29 is 4.74 Å². The molecule has 1 aromatic carbocycles. The number of thioether (sulfide) groups is 1. The maximum Gasteiger partial charge on any atom is 0.191 e. The molecule has 0 N–H and O–H groups in total. The van der Waals surface area contributed by atoms with Gasteiger partial charge in [-0.15, -0.1) is 10.2 Å². The highest BCUT2D eigenvalue weighted by atomic mass is 32.2. The van der Waals surface area contributed by atoms with E-state index in [-0.39, 0.29) is 0 Å². The minimum atomic E-state index is 0.528. The molecule has 31 heavy (non-hydrogen) atoms. The molecule has 0 aliphatic carbocycles. The molecule has 156 valence electrons. The van der Waals surface area contributed by atoms with Crippen molar-refractivity contribution in [3.05, 3.63) is 71.8 Å². The Bertz CT molecular complexity index is 1200. The van der Waals surface area contributed by atoms with Crippen LogP contribution in [0.1, 0.15) is 17.0 Å². The number of methoxy groups -OCH3 is 1. The van der Waals surface area contributed by atoms with Crippen molar-refractivity contribution in [1.29, 1.82) is 5.26 Å². The van der Waals surface area contributed by atoms with Gasteiger partial charge in [-0.05, 0) is 31.2 Å². The average molecular weight is 432 g/mol. The van der Waals surface area contributed by atoms with E-state index < -0.39 is 0 Å². The van der Waals surface area contributed by atoms with Crippen LogP contribution in [0.3, 0.4) is 0 Å². The van der Waals surface area contributed by atoms with Crippen molar-refractivity contribution in [2.75, 3.05) is 13.7 Å². The quantitative estimate of drug-likeness (QED) is 0.393. The highest BCUT2D eigenvalue weighted by Gasteiger charge is 2.19. The lowest BCUT2D eigenvalue weighted by Crippen LogP contribution is -2.08. The standard InChI is InChI=1S/C22H21N7OS/c1-16-19(14-23)20(29(27-16)18-6-4-3-5-7-18)15-31-22-26-25-21(28(22)12-13-30-2)17-8-10-24-11-9-17/h3-11H,12-13,15H2,1-2H3. The van der Waals surface area contributed by atoms with Crippen LogP contribution in [0.4, 0.5) is 0 Å². The lowest BCUT2D eigenvalue weighted by atomic mass is 10.2. The second-order valence-electron chi connectivity index (χ2n) is 6.74. The van der Waals surface area contributed by atoms with E-state index in [1.54, 1.807) is 19.5 Å². The number of para-hydroxylation sites is 1. The zero-order chi connectivity index (χ0) is 21.6. The van der Waals surface area contributed by atoms with Crippen LogP contribution in [-0.2, 0) is 17.0 Å². The smallest absolute Gasteiger partial charge is 0.191 e. The zero-order valence-corrected chi connectivity index (χ0v) is 18.1. The molecule has 0 atom stereocenters. The summed E-state index contributed by atoms with van der Waals surface area (Å²) >= 11 is 1.52. The van der Waals surface area contributed by atoms with Gasteiger partial charge < -0.3 is 4.74 Å². The Kier molecular flexibility index (Phi) is 6.40. The van der Waals surface area contributed by atoms with E-state index in [1.807, 2.05) is 58.6 Å². The van der Waals surface area contributed by atoms with Crippen LogP contribution in [0.25, 0.3) is 17.1 Å². The molecule has 4 aromatic rings. The Hall–Kier alpha value is -3.48. The van der Waals surface area contributed by atoms with Crippen molar-refractivity contribution in [1.82, 2.24) is 29.5 Å². The van der Waals surface area contributed by atoms with Gasteiger partial charge in [0.1, 0.15) is 6.07 Å². The van der Waals surface area contributed by atoms with Crippen molar-refractivity contribution in [3.63, 3.8) is 0 Å². The predicted octanol–water partition coefficient (Wildman–Crippen LogP) is 3.64. The summed E-state index contributed by atoms with van der Waals surface area (Å²) in [5.41, 5.74) is 3.99. The summed E-state index contributed by atoms with van der Waals surface area (Å²) in [6, 6.07) is 15.9. The molecule has 0 fully saturated rings. The van der Waals surface area contributed by atoms with Crippen molar-refractivity contribution in [3.8, 4) is 23.1 Å². The van der Waals surface area contributed by atoms with Gasteiger partial charge in [-0.25, -0.2) is 4.68 Å². The zero-order valence-electron chi connectivity index (χ0n) is 17.3. The fourth-order valence-corrected chi connectivity index (χ4v) is 4.23. The Morgan fingerprint density at radius 1 is 1.10 bits per heavy atom. The van der Waals surface area contributed by atoms with Gasteiger partial charge in [0.2, 0.25) is 0 Å². The summed E-state index contributed by atoms with van der Waals surface area (Å²) in [6.07, 6.45) is 3.47. The van der Waals surface area contributed by atoms with E-state index in [4.69, 9.17) is 4.74 Å². The van der Waals surface area contributed by atoms with Gasteiger partial charge in [-0.3, -0.25) is 9.55 Å². The molecule has 0 radical (unpaired) electrons. The highest BCUT2D eigenvalue weighted by molar-refractivity contribution is 7.98. The lowest BCUT2D eigenvalue weighted by molar-refractivity contribution is 0.185. The molecule has 3 heterocycles. The Morgan fingerprint density at radius 2 is 1.87 bits per heavy atom. The third kappa shape index (κ3) is 4.35. The molecule has 4 rings (SSSR count). The average Bonchev–Trinajstić information content (AvgIpc) is 3.37. The molecule has 8 nitrogen and oxygen atoms in total. The second-order valence-corrected chi connectivity index (χ2v) is 7.68. The van der Waals surface area contributed by atoms with E-state index >= 15 is 0 Å². The molecule has 0 spiro atoms. The van der Waals surface area contributed by atoms with Crippen molar-refractivity contribution in [2.45, 2.75) is 24.4 Å². The molecule has 0 unspecified atom stereocenters. The van der Waals surface area contributed by atoms with Crippen molar-refractivity contribution >= 4 is 11.8 Å². The summed E-state index contributed by atoms with van der Waals surface area (Å²) < 4.78 is 9.15. The number of aryl methyl sites for hydroxylation is 1. The number of aromatic nitrogens is 6. The Morgan fingerprint density at radius 3 is 2.58 bits per heavy atom. The molecule has 9 heteroatoms. The van der Waals surface area contributed by atoms with E-state index in [0.717, 1.165) is 27.9 Å². The Balaban J connectivity index is 1.67. The van der Waals surface area contributed by atoms with Crippen LogP contribution in [0.5, 0.6) is 0 Å². The van der Waals surface area contributed by atoms with Crippen molar-refractivity contribution in [2.24, 2.45) is 0 Å². The molecule has 0 aliphatic heterocycles. The van der Waals surface area contributed by atoms with E-state index in [1.165, 1.54) is 11.8 Å². The topological polar surface area (TPSA) is 94.4 Å². The van der Waals surface area contributed by atoms with E-state index in [0.29, 0.717) is 30.2 Å². The molecular weight excluding hydrogens is 410 g/mol. The molecular formula is C22H21N7OS. The van der Waals surface area contributed by atoms with Gasteiger partial charge in [-0.1, -0.05) is 30.0 Å². The first-order valence-corrected chi connectivity index (χ1v) is 10.7. The van der Waals surface area contributed by atoms with Gasteiger partial charge >= 0.3 is 0 Å². The highest BCUT2D eigenvalue weighted by Crippen LogP contribution is 2.29. The van der Waals surface area contributed by atoms with E-state index in [2.05, 4.69) is 26.3 Å². The van der Waals surface area contributed by atoms with Gasteiger partial charge in [-0.2, -0.15) is 10.4 Å². The molecule has 0 bridgehead atoms. The number of nitrogens with zero attached hydrogens (tertiary/aromatic N) is 7. The number of rotatable bonds is 8. The summed E-state index contributed by atoms with van der Waals surface area (Å²) in [7, 11) is 1.67. The number of hydrogen-bond donors (Lipinski definition) is 0. The first kappa shape index (κ1) is 20.8. The summed E-state index contributed by atoms with van der Waals surface area (Å²) in [6.45, 7) is 3.01. The molecule has 0 aliphatic rings. The fourth-order valence-electron chi connectivity index (χ4n) is 3.26. The molecule has 0 saturated heterocycles. The SMILES string of the molecule is COCCn1c(SCc2c(C#N)c(C)nn2-c2ccccc2)nnc1-c1ccncc1. The van der Waals surface area contributed by atoms with Crippen LogP contribution in [0.15, 0.2) is 60.0 Å². The normalized spacial score (nSPS) is 10.9. The first-order valence-electron chi connectivity index (χ1n) is 9.72.